The Morgan fingerprint density at radius 1 is 0.786 bits per heavy atom. The average Bonchev–Trinajstić information content (AvgIpc) is 3.27. The smallest absolute Gasteiger partial charge is 0.00735 e. The van der Waals surface area contributed by atoms with Gasteiger partial charge in [0.15, 0.2) is 0 Å². The topological polar surface area (TPSA) is 0 Å². The van der Waals surface area contributed by atoms with Crippen molar-refractivity contribution in [2.75, 3.05) is 0 Å². The third kappa shape index (κ3) is 8.95. The van der Waals surface area contributed by atoms with E-state index in [4.69, 9.17) is 0 Å². The summed E-state index contributed by atoms with van der Waals surface area (Å²) in [4.78, 5) is 2.91. The Morgan fingerprint density at radius 2 is 1.39 bits per heavy atom. The molecule has 0 bridgehead atoms. The minimum Gasteiger partial charge on any atom is -0.145 e. The van der Waals surface area contributed by atoms with Crippen LogP contribution in [-0.4, -0.2) is 0 Å². The highest BCUT2D eigenvalue weighted by molar-refractivity contribution is 7.12. The van der Waals surface area contributed by atoms with Crippen molar-refractivity contribution in [2.45, 2.75) is 99.8 Å². The van der Waals surface area contributed by atoms with Crippen LogP contribution in [0.3, 0.4) is 0 Å². The molecule has 1 aliphatic rings. The molecule has 3 rings (SSSR count). The van der Waals surface area contributed by atoms with Crippen molar-refractivity contribution >= 4 is 11.3 Å². The van der Waals surface area contributed by atoms with Gasteiger partial charge in [0.1, 0.15) is 0 Å². The lowest BCUT2D eigenvalue weighted by Gasteiger charge is -2.11. The zero-order chi connectivity index (χ0) is 21.3. The molecule has 1 aromatic carbocycles. The summed E-state index contributed by atoms with van der Waals surface area (Å²) in [5, 5.41) is 0. The number of hydrogen-bond acceptors (Lipinski definition) is 1. The van der Waals surface area contributed by atoms with E-state index in [1.54, 1.807) is 0 Å². The lowest BCUT2D eigenvalue weighted by atomic mass is 9.95. The lowest BCUT2D eigenvalue weighted by Crippen LogP contribution is -2.01. The molecular weight excluding hydrogens is 356 g/mol. The fourth-order valence-corrected chi connectivity index (χ4v) is 4.74. The molecule has 0 aliphatic heterocycles. The average molecular weight is 401 g/mol. The molecular formula is C27H44S. The zero-order valence-electron chi connectivity index (χ0n) is 19.9. The third-order valence-corrected chi connectivity index (χ3v) is 7.02. The van der Waals surface area contributed by atoms with Crippen LogP contribution < -0.4 is 0 Å². The molecule has 2 aromatic rings. The van der Waals surface area contributed by atoms with Crippen LogP contribution in [0.25, 0.3) is 0 Å². The molecule has 1 heterocycles. The first-order valence-corrected chi connectivity index (χ1v) is 12.1. The van der Waals surface area contributed by atoms with Gasteiger partial charge in [-0.3, -0.25) is 0 Å². The normalized spacial score (nSPS) is 14.1. The maximum absolute atomic E-state index is 2.34. The molecule has 0 N–H and O–H groups in total. The van der Waals surface area contributed by atoms with Crippen molar-refractivity contribution in [1.82, 2.24) is 0 Å². The molecule has 1 heteroatoms. The first-order chi connectivity index (χ1) is 13.1. The van der Waals surface area contributed by atoms with E-state index in [0.717, 1.165) is 11.8 Å². The van der Waals surface area contributed by atoms with Gasteiger partial charge in [0.2, 0.25) is 0 Å². The molecule has 1 aliphatic carbocycles. The van der Waals surface area contributed by atoms with Crippen molar-refractivity contribution < 1.29 is 0 Å². The standard InChI is InChI=1S/C11H16.C8H12S.C8H16/c1-8(2)11-6-5-9(3)7-10(11)4;1-6(2)8-5-4-7(3)9-8;1-7(2)8-5-3-4-6-8/h5-8H,1-4H3;4-6H,1-3H3;7-8H,3-6H2,1-2H3. The Balaban J connectivity index is 0.000000213. The summed E-state index contributed by atoms with van der Waals surface area (Å²) in [7, 11) is 0. The maximum Gasteiger partial charge on any atom is 0.00735 e. The van der Waals surface area contributed by atoms with Gasteiger partial charge in [0, 0.05) is 9.75 Å². The lowest BCUT2D eigenvalue weighted by molar-refractivity contribution is 0.396. The molecule has 0 amide bonds. The van der Waals surface area contributed by atoms with Crippen LogP contribution in [0.5, 0.6) is 0 Å². The Bertz CT molecular complexity index is 669. The monoisotopic (exact) mass is 400 g/mol. The van der Waals surface area contributed by atoms with E-state index < -0.39 is 0 Å². The Kier molecular flexibility index (Phi) is 11.1. The van der Waals surface area contributed by atoms with Gasteiger partial charge in [-0.2, -0.15) is 0 Å². The van der Waals surface area contributed by atoms with Crippen LogP contribution in [0.1, 0.15) is 106 Å². The van der Waals surface area contributed by atoms with E-state index in [1.807, 2.05) is 11.3 Å². The number of rotatable bonds is 3. The molecule has 0 unspecified atom stereocenters. The summed E-state index contributed by atoms with van der Waals surface area (Å²) in [5.74, 6) is 3.35. The van der Waals surface area contributed by atoms with Crippen molar-refractivity contribution in [3.8, 4) is 0 Å². The highest BCUT2D eigenvalue weighted by atomic mass is 32.1. The van der Waals surface area contributed by atoms with Gasteiger partial charge in [0.05, 0.1) is 0 Å². The van der Waals surface area contributed by atoms with Gasteiger partial charge < -0.3 is 0 Å². The number of benzene rings is 1. The molecule has 0 nitrogen and oxygen atoms in total. The second-order valence-electron chi connectivity index (χ2n) is 9.41. The van der Waals surface area contributed by atoms with Gasteiger partial charge in [-0.15, -0.1) is 11.3 Å². The molecule has 0 saturated heterocycles. The second-order valence-corrected chi connectivity index (χ2v) is 10.7. The fraction of sp³-hybridized carbons (Fsp3) is 0.630. The number of hydrogen-bond donors (Lipinski definition) is 0. The summed E-state index contributed by atoms with van der Waals surface area (Å²) in [6.45, 7) is 20.1. The predicted octanol–water partition coefficient (Wildman–Crippen LogP) is 9.44. The molecule has 0 spiro atoms. The van der Waals surface area contributed by atoms with Gasteiger partial charge >= 0.3 is 0 Å². The molecule has 0 atom stereocenters. The van der Waals surface area contributed by atoms with Crippen LogP contribution in [0.2, 0.25) is 0 Å². The zero-order valence-corrected chi connectivity index (χ0v) is 20.7. The number of aryl methyl sites for hydroxylation is 3. The molecule has 1 aromatic heterocycles. The summed E-state index contributed by atoms with van der Waals surface area (Å²) < 4.78 is 0. The van der Waals surface area contributed by atoms with Gasteiger partial charge in [-0.1, -0.05) is 91.0 Å². The minimum atomic E-state index is 0.649. The molecule has 0 radical (unpaired) electrons. The first-order valence-electron chi connectivity index (χ1n) is 11.2. The van der Waals surface area contributed by atoms with E-state index in [-0.39, 0.29) is 0 Å². The molecule has 158 valence electrons. The first kappa shape index (κ1) is 25.0. The van der Waals surface area contributed by atoms with E-state index in [0.29, 0.717) is 11.8 Å². The van der Waals surface area contributed by atoms with E-state index in [1.165, 1.54) is 52.1 Å². The van der Waals surface area contributed by atoms with Crippen molar-refractivity contribution in [3.63, 3.8) is 0 Å². The highest BCUT2D eigenvalue weighted by Crippen LogP contribution is 2.30. The van der Waals surface area contributed by atoms with Crippen molar-refractivity contribution in [1.29, 1.82) is 0 Å². The van der Waals surface area contributed by atoms with E-state index in [9.17, 15) is 0 Å². The second kappa shape index (κ2) is 12.5. The van der Waals surface area contributed by atoms with Crippen molar-refractivity contribution in [3.05, 3.63) is 56.8 Å². The van der Waals surface area contributed by atoms with Crippen LogP contribution in [0.4, 0.5) is 0 Å². The van der Waals surface area contributed by atoms with E-state index in [2.05, 4.69) is 92.6 Å². The van der Waals surface area contributed by atoms with Gasteiger partial charge in [-0.25, -0.2) is 0 Å². The maximum atomic E-state index is 2.34. The highest BCUT2D eigenvalue weighted by Gasteiger charge is 2.17. The van der Waals surface area contributed by atoms with Gasteiger partial charge in [0.25, 0.3) is 0 Å². The molecule has 28 heavy (non-hydrogen) atoms. The quantitative estimate of drug-likeness (QED) is 0.481. The Hall–Kier alpha value is -1.08. The Labute approximate surface area is 179 Å². The van der Waals surface area contributed by atoms with Crippen molar-refractivity contribution in [2.24, 2.45) is 11.8 Å². The van der Waals surface area contributed by atoms with Crippen LogP contribution >= 0.6 is 11.3 Å². The SMILES string of the molecule is CC(C)C1CCCC1.Cc1ccc(C(C)C)c(C)c1.Cc1ccc(C(C)C)s1. The third-order valence-electron chi connectivity index (χ3n) is 5.72. The van der Waals surface area contributed by atoms with Crippen LogP contribution in [0.15, 0.2) is 30.3 Å². The number of thiophene rings is 1. The predicted molar refractivity (Wildman–Crippen MR) is 130 cm³/mol. The van der Waals surface area contributed by atoms with E-state index >= 15 is 0 Å². The fourth-order valence-electron chi connectivity index (χ4n) is 3.86. The van der Waals surface area contributed by atoms with Gasteiger partial charge in [-0.05, 0) is 67.7 Å². The summed E-state index contributed by atoms with van der Waals surface area (Å²) in [5.41, 5.74) is 4.24. The summed E-state index contributed by atoms with van der Waals surface area (Å²) in [6, 6.07) is 11.1. The summed E-state index contributed by atoms with van der Waals surface area (Å²) in [6.07, 6.45) is 5.97. The van der Waals surface area contributed by atoms with Crippen LogP contribution in [0, 0.1) is 32.6 Å². The minimum absolute atomic E-state index is 0.649. The molecule has 1 saturated carbocycles. The van der Waals surface area contributed by atoms with Crippen LogP contribution in [-0.2, 0) is 0 Å². The largest absolute Gasteiger partial charge is 0.145 e. The Morgan fingerprint density at radius 3 is 1.71 bits per heavy atom. The molecule has 1 fully saturated rings. The summed E-state index contributed by atoms with van der Waals surface area (Å²) >= 11 is 1.90.